The first-order valence-electron chi connectivity index (χ1n) is 7.47. The lowest BCUT2D eigenvalue weighted by Gasteiger charge is -2.43. The maximum Gasteiger partial charge on any atom is 0.0609 e. The van der Waals surface area contributed by atoms with Crippen LogP contribution in [0.3, 0.4) is 0 Å². The van der Waals surface area contributed by atoms with Crippen LogP contribution in [-0.4, -0.2) is 30.2 Å². The molecule has 0 spiro atoms. The van der Waals surface area contributed by atoms with Crippen molar-refractivity contribution in [3.63, 3.8) is 0 Å². The van der Waals surface area contributed by atoms with Crippen molar-refractivity contribution in [2.24, 2.45) is 5.92 Å². The molecule has 0 amide bonds. The molecule has 0 aromatic carbocycles. The van der Waals surface area contributed by atoms with Gasteiger partial charge in [-0.05, 0) is 38.3 Å². The SMILES string of the molecule is CCC1CNC(C(C)C)CN1c1ccc(C)nc1C. The van der Waals surface area contributed by atoms with Crippen LogP contribution in [0.15, 0.2) is 12.1 Å². The second-order valence-electron chi connectivity index (χ2n) is 6.03. The van der Waals surface area contributed by atoms with Crippen LogP contribution < -0.4 is 10.2 Å². The van der Waals surface area contributed by atoms with Crippen molar-refractivity contribution in [3.8, 4) is 0 Å². The van der Waals surface area contributed by atoms with Gasteiger partial charge in [-0.25, -0.2) is 0 Å². The molecule has 1 aliphatic rings. The maximum absolute atomic E-state index is 4.63. The first kappa shape index (κ1) is 14.3. The van der Waals surface area contributed by atoms with Gasteiger partial charge in [0.25, 0.3) is 0 Å². The van der Waals surface area contributed by atoms with E-state index in [-0.39, 0.29) is 0 Å². The fraction of sp³-hybridized carbons (Fsp3) is 0.688. The predicted molar refractivity (Wildman–Crippen MR) is 81.8 cm³/mol. The summed E-state index contributed by atoms with van der Waals surface area (Å²) in [7, 11) is 0. The lowest BCUT2D eigenvalue weighted by Crippen LogP contribution is -2.58. The summed E-state index contributed by atoms with van der Waals surface area (Å²) in [5.41, 5.74) is 3.57. The second-order valence-corrected chi connectivity index (χ2v) is 6.03. The average molecular weight is 261 g/mol. The molecule has 0 saturated carbocycles. The smallest absolute Gasteiger partial charge is 0.0609 e. The van der Waals surface area contributed by atoms with Gasteiger partial charge >= 0.3 is 0 Å². The molecule has 2 unspecified atom stereocenters. The van der Waals surface area contributed by atoms with Crippen molar-refractivity contribution >= 4 is 5.69 Å². The van der Waals surface area contributed by atoms with Gasteiger partial charge in [0.2, 0.25) is 0 Å². The number of hydrogen-bond acceptors (Lipinski definition) is 3. The molecule has 1 aliphatic heterocycles. The van der Waals surface area contributed by atoms with Gasteiger partial charge in [0.05, 0.1) is 11.4 Å². The van der Waals surface area contributed by atoms with Crippen LogP contribution in [0, 0.1) is 19.8 Å². The van der Waals surface area contributed by atoms with Gasteiger partial charge in [-0.15, -0.1) is 0 Å². The molecule has 1 fully saturated rings. The number of nitrogens with zero attached hydrogens (tertiary/aromatic N) is 2. The molecule has 0 radical (unpaired) electrons. The highest BCUT2D eigenvalue weighted by Crippen LogP contribution is 2.25. The molecule has 1 aromatic heterocycles. The van der Waals surface area contributed by atoms with Gasteiger partial charge < -0.3 is 10.2 Å². The highest BCUT2D eigenvalue weighted by atomic mass is 15.2. The van der Waals surface area contributed by atoms with Crippen LogP contribution in [0.1, 0.15) is 38.6 Å². The van der Waals surface area contributed by atoms with E-state index in [9.17, 15) is 0 Å². The van der Waals surface area contributed by atoms with E-state index in [2.05, 4.69) is 62.0 Å². The summed E-state index contributed by atoms with van der Waals surface area (Å²) >= 11 is 0. The zero-order valence-corrected chi connectivity index (χ0v) is 12.9. The number of rotatable bonds is 3. The predicted octanol–water partition coefficient (Wildman–Crippen LogP) is 2.91. The van der Waals surface area contributed by atoms with E-state index in [1.807, 2.05) is 0 Å². The summed E-state index contributed by atoms with van der Waals surface area (Å²) in [5.74, 6) is 0.666. The normalized spacial score (nSPS) is 24.0. The van der Waals surface area contributed by atoms with Crippen molar-refractivity contribution < 1.29 is 0 Å². The standard InChI is InChI=1S/C16H27N3/c1-6-14-9-17-15(11(2)3)10-19(14)16-8-7-12(4)18-13(16)5/h7-8,11,14-15,17H,6,9-10H2,1-5H3. The number of piperazine rings is 1. The maximum atomic E-state index is 4.63. The molecule has 19 heavy (non-hydrogen) atoms. The third-order valence-corrected chi connectivity index (χ3v) is 4.23. The fourth-order valence-electron chi connectivity index (χ4n) is 2.91. The minimum atomic E-state index is 0.573. The number of anilines is 1. The van der Waals surface area contributed by atoms with Gasteiger partial charge in [0, 0.05) is 30.9 Å². The number of aryl methyl sites for hydroxylation is 2. The Morgan fingerprint density at radius 1 is 1.37 bits per heavy atom. The van der Waals surface area contributed by atoms with Crippen molar-refractivity contribution in [3.05, 3.63) is 23.5 Å². The molecule has 1 N–H and O–H groups in total. The minimum Gasteiger partial charge on any atom is -0.364 e. The molecule has 0 bridgehead atoms. The van der Waals surface area contributed by atoms with Crippen molar-refractivity contribution in [2.45, 2.75) is 53.1 Å². The Balaban J connectivity index is 2.27. The van der Waals surface area contributed by atoms with Crippen molar-refractivity contribution in [1.29, 1.82) is 0 Å². The summed E-state index contributed by atoms with van der Waals surface area (Å²) in [6.07, 6.45) is 1.17. The number of nitrogens with one attached hydrogen (secondary N) is 1. The molecular weight excluding hydrogens is 234 g/mol. The fourth-order valence-corrected chi connectivity index (χ4v) is 2.91. The third kappa shape index (κ3) is 3.08. The van der Waals surface area contributed by atoms with E-state index in [1.165, 1.54) is 12.1 Å². The molecule has 1 aromatic rings. The Bertz CT molecular complexity index is 428. The highest BCUT2D eigenvalue weighted by Gasteiger charge is 2.29. The number of pyridine rings is 1. The van der Waals surface area contributed by atoms with Gasteiger partial charge in [-0.1, -0.05) is 20.8 Å². The first-order chi connectivity index (χ1) is 9.02. The molecule has 2 rings (SSSR count). The number of aromatic nitrogens is 1. The molecule has 1 saturated heterocycles. The molecule has 106 valence electrons. The van der Waals surface area contributed by atoms with E-state index < -0.39 is 0 Å². The van der Waals surface area contributed by atoms with E-state index in [4.69, 9.17) is 0 Å². The lowest BCUT2D eigenvalue weighted by molar-refractivity contribution is 0.325. The van der Waals surface area contributed by atoms with Gasteiger partial charge in [0.1, 0.15) is 0 Å². The number of hydrogen-bond donors (Lipinski definition) is 1. The summed E-state index contributed by atoms with van der Waals surface area (Å²) in [6, 6.07) is 5.52. The second kappa shape index (κ2) is 5.91. The topological polar surface area (TPSA) is 28.2 Å². The zero-order chi connectivity index (χ0) is 14.0. The monoisotopic (exact) mass is 261 g/mol. The van der Waals surface area contributed by atoms with Crippen LogP contribution in [0.4, 0.5) is 5.69 Å². The Morgan fingerprint density at radius 3 is 2.68 bits per heavy atom. The van der Waals surface area contributed by atoms with Crippen molar-refractivity contribution in [2.75, 3.05) is 18.0 Å². The van der Waals surface area contributed by atoms with E-state index in [0.717, 1.165) is 24.5 Å². The average Bonchev–Trinajstić information content (AvgIpc) is 2.38. The van der Waals surface area contributed by atoms with Crippen LogP contribution in [0.5, 0.6) is 0 Å². The van der Waals surface area contributed by atoms with Crippen LogP contribution in [-0.2, 0) is 0 Å². The Kier molecular flexibility index (Phi) is 4.46. The molecule has 0 aliphatic carbocycles. The van der Waals surface area contributed by atoms with Gasteiger partial charge in [-0.3, -0.25) is 4.98 Å². The summed E-state index contributed by atoms with van der Waals surface area (Å²) < 4.78 is 0. The molecular formula is C16H27N3. The summed E-state index contributed by atoms with van der Waals surface area (Å²) in [5, 5.41) is 3.69. The van der Waals surface area contributed by atoms with E-state index >= 15 is 0 Å². The molecule has 3 heteroatoms. The van der Waals surface area contributed by atoms with Crippen molar-refractivity contribution in [1.82, 2.24) is 10.3 Å². The van der Waals surface area contributed by atoms with Crippen LogP contribution in [0.2, 0.25) is 0 Å². The Hall–Kier alpha value is -1.09. The zero-order valence-electron chi connectivity index (χ0n) is 12.9. The van der Waals surface area contributed by atoms with Gasteiger partial charge in [0.15, 0.2) is 0 Å². The summed E-state index contributed by atoms with van der Waals surface area (Å²) in [6.45, 7) is 13.2. The highest BCUT2D eigenvalue weighted by molar-refractivity contribution is 5.52. The Morgan fingerprint density at radius 2 is 2.11 bits per heavy atom. The first-order valence-corrected chi connectivity index (χ1v) is 7.47. The lowest BCUT2D eigenvalue weighted by atomic mass is 9.97. The summed E-state index contributed by atoms with van der Waals surface area (Å²) in [4.78, 5) is 7.18. The Labute approximate surface area is 117 Å². The quantitative estimate of drug-likeness (QED) is 0.907. The minimum absolute atomic E-state index is 0.573. The van der Waals surface area contributed by atoms with Crippen LogP contribution in [0.25, 0.3) is 0 Å². The molecule has 2 atom stereocenters. The van der Waals surface area contributed by atoms with E-state index in [0.29, 0.717) is 18.0 Å². The van der Waals surface area contributed by atoms with Crippen LogP contribution >= 0.6 is 0 Å². The molecule has 3 nitrogen and oxygen atoms in total. The largest absolute Gasteiger partial charge is 0.364 e. The van der Waals surface area contributed by atoms with Gasteiger partial charge in [-0.2, -0.15) is 0 Å². The third-order valence-electron chi connectivity index (χ3n) is 4.23. The molecule has 2 heterocycles. The van der Waals surface area contributed by atoms with E-state index in [1.54, 1.807) is 0 Å².